The molecular weight excluding hydrogens is 438 g/mol. The van der Waals surface area contributed by atoms with Gasteiger partial charge in [-0.15, -0.1) is 0 Å². The van der Waals surface area contributed by atoms with Crippen LogP contribution in [-0.4, -0.2) is 46.4 Å². The van der Waals surface area contributed by atoms with Gasteiger partial charge in [-0.2, -0.15) is 4.31 Å². The maximum atomic E-state index is 12.9. The highest BCUT2D eigenvalue weighted by Crippen LogP contribution is 2.23. The van der Waals surface area contributed by atoms with E-state index < -0.39 is 26.0 Å². The molecule has 10 heteroatoms. The summed E-state index contributed by atoms with van der Waals surface area (Å²) in [6.07, 6.45) is 4.84. The van der Waals surface area contributed by atoms with Crippen LogP contribution in [0.4, 0.5) is 11.4 Å². The number of carbonyl (C=O) groups is 1. The van der Waals surface area contributed by atoms with E-state index in [1.807, 2.05) is 0 Å². The molecule has 0 saturated carbocycles. The number of hydrogen-bond acceptors (Lipinski definition) is 5. The molecule has 2 aromatic rings. The molecule has 1 saturated heterocycles. The minimum absolute atomic E-state index is 0.197. The van der Waals surface area contributed by atoms with Crippen LogP contribution in [-0.2, 0) is 20.0 Å². The van der Waals surface area contributed by atoms with E-state index in [1.165, 1.54) is 22.5 Å². The monoisotopic (exact) mass is 465 g/mol. The van der Waals surface area contributed by atoms with Crippen LogP contribution in [0.1, 0.15) is 41.6 Å². The quantitative estimate of drug-likeness (QED) is 0.680. The largest absolute Gasteiger partial charge is 0.322 e. The third-order valence-electron chi connectivity index (χ3n) is 5.11. The maximum Gasteiger partial charge on any atom is 0.255 e. The smallest absolute Gasteiger partial charge is 0.255 e. The van der Waals surface area contributed by atoms with Crippen molar-refractivity contribution < 1.29 is 21.6 Å². The van der Waals surface area contributed by atoms with E-state index in [2.05, 4.69) is 10.0 Å². The summed E-state index contributed by atoms with van der Waals surface area (Å²) in [5, 5.41) is 2.71. The third kappa shape index (κ3) is 6.05. The molecule has 1 heterocycles. The van der Waals surface area contributed by atoms with Crippen LogP contribution < -0.4 is 10.0 Å². The van der Waals surface area contributed by atoms with Crippen LogP contribution in [0.2, 0.25) is 0 Å². The Balaban J connectivity index is 1.74. The van der Waals surface area contributed by atoms with Crippen molar-refractivity contribution in [2.75, 3.05) is 29.4 Å². The molecule has 2 N–H and O–H groups in total. The fourth-order valence-electron chi connectivity index (χ4n) is 3.42. The zero-order valence-corrected chi connectivity index (χ0v) is 19.2. The highest BCUT2D eigenvalue weighted by Gasteiger charge is 2.25. The number of hydrogen-bond donors (Lipinski definition) is 2. The number of sulfonamides is 2. The molecule has 0 atom stereocenters. The Morgan fingerprint density at radius 1 is 0.903 bits per heavy atom. The Bertz CT molecular complexity index is 1150. The summed E-state index contributed by atoms with van der Waals surface area (Å²) in [7, 11) is -7.03. The topological polar surface area (TPSA) is 113 Å². The van der Waals surface area contributed by atoms with Gasteiger partial charge in [-0.25, -0.2) is 16.8 Å². The van der Waals surface area contributed by atoms with E-state index in [-0.39, 0.29) is 10.5 Å². The highest BCUT2D eigenvalue weighted by atomic mass is 32.2. The van der Waals surface area contributed by atoms with Gasteiger partial charge in [0.25, 0.3) is 5.91 Å². The second kappa shape index (κ2) is 9.37. The summed E-state index contributed by atoms with van der Waals surface area (Å²) < 4.78 is 52.6. The van der Waals surface area contributed by atoms with Crippen molar-refractivity contribution in [1.29, 1.82) is 0 Å². The molecule has 1 aliphatic heterocycles. The summed E-state index contributed by atoms with van der Waals surface area (Å²) in [5.74, 6) is -0.431. The lowest BCUT2D eigenvalue weighted by atomic mass is 10.1. The van der Waals surface area contributed by atoms with Gasteiger partial charge in [0.15, 0.2) is 0 Å². The molecule has 0 unspecified atom stereocenters. The molecule has 0 spiro atoms. The molecule has 2 aromatic carbocycles. The van der Waals surface area contributed by atoms with Crippen molar-refractivity contribution >= 4 is 37.3 Å². The standard InChI is InChI=1S/C21H27N3O5S2/c1-16-7-8-17(15-20(16)23-30(2,26)27)21(25)22-18-9-11-19(12-10-18)31(28,29)24-13-5-3-4-6-14-24/h7-12,15,23H,3-6,13-14H2,1-2H3,(H,22,25). The molecule has 0 bridgehead atoms. The molecule has 1 amide bonds. The summed E-state index contributed by atoms with van der Waals surface area (Å²) >= 11 is 0. The number of anilines is 2. The molecule has 0 aromatic heterocycles. The number of amides is 1. The predicted molar refractivity (Wildman–Crippen MR) is 121 cm³/mol. The van der Waals surface area contributed by atoms with Gasteiger partial charge in [0.2, 0.25) is 20.0 Å². The van der Waals surface area contributed by atoms with E-state index in [9.17, 15) is 21.6 Å². The maximum absolute atomic E-state index is 12.9. The van der Waals surface area contributed by atoms with Gasteiger partial charge >= 0.3 is 0 Å². The second-order valence-electron chi connectivity index (χ2n) is 7.70. The molecule has 31 heavy (non-hydrogen) atoms. The number of benzene rings is 2. The Hall–Kier alpha value is -2.43. The molecule has 0 aliphatic carbocycles. The highest BCUT2D eigenvalue weighted by molar-refractivity contribution is 7.92. The second-order valence-corrected chi connectivity index (χ2v) is 11.4. The van der Waals surface area contributed by atoms with E-state index in [0.29, 0.717) is 30.0 Å². The van der Waals surface area contributed by atoms with E-state index in [0.717, 1.165) is 31.9 Å². The van der Waals surface area contributed by atoms with Gasteiger partial charge in [-0.1, -0.05) is 18.9 Å². The average molecular weight is 466 g/mol. The van der Waals surface area contributed by atoms with Crippen LogP contribution in [0.3, 0.4) is 0 Å². The zero-order valence-electron chi connectivity index (χ0n) is 17.6. The molecule has 3 rings (SSSR count). The first-order chi connectivity index (χ1) is 14.6. The predicted octanol–water partition coefficient (Wildman–Crippen LogP) is 3.18. The molecule has 168 valence electrons. The lowest BCUT2D eigenvalue weighted by molar-refractivity contribution is 0.102. The van der Waals surface area contributed by atoms with Crippen LogP contribution in [0.15, 0.2) is 47.4 Å². The first-order valence-corrected chi connectivity index (χ1v) is 13.4. The van der Waals surface area contributed by atoms with E-state index >= 15 is 0 Å². The van der Waals surface area contributed by atoms with Gasteiger partial charge < -0.3 is 5.32 Å². The Morgan fingerprint density at radius 2 is 1.52 bits per heavy atom. The lowest BCUT2D eigenvalue weighted by Crippen LogP contribution is -2.31. The summed E-state index contributed by atoms with van der Waals surface area (Å²) in [6, 6.07) is 10.8. The fourth-order valence-corrected chi connectivity index (χ4v) is 5.55. The minimum atomic E-state index is -3.56. The van der Waals surface area contributed by atoms with Gasteiger partial charge in [0.05, 0.1) is 16.8 Å². The summed E-state index contributed by atoms with van der Waals surface area (Å²) in [4.78, 5) is 12.8. The van der Waals surface area contributed by atoms with Crippen LogP contribution in [0.25, 0.3) is 0 Å². The van der Waals surface area contributed by atoms with Crippen LogP contribution >= 0.6 is 0 Å². The van der Waals surface area contributed by atoms with Crippen LogP contribution in [0, 0.1) is 6.92 Å². The van der Waals surface area contributed by atoms with Gasteiger partial charge in [0.1, 0.15) is 0 Å². The van der Waals surface area contributed by atoms with E-state index in [1.54, 1.807) is 31.2 Å². The van der Waals surface area contributed by atoms with Crippen molar-refractivity contribution in [1.82, 2.24) is 4.31 Å². The molecule has 8 nitrogen and oxygen atoms in total. The van der Waals surface area contributed by atoms with Crippen molar-refractivity contribution in [2.45, 2.75) is 37.5 Å². The van der Waals surface area contributed by atoms with Gasteiger partial charge in [-0.3, -0.25) is 9.52 Å². The van der Waals surface area contributed by atoms with Crippen molar-refractivity contribution in [2.24, 2.45) is 0 Å². The molecule has 1 fully saturated rings. The Labute approximate surface area is 183 Å². The Morgan fingerprint density at radius 3 is 2.10 bits per heavy atom. The summed E-state index contributed by atoms with van der Waals surface area (Å²) in [5.41, 5.74) is 1.73. The van der Waals surface area contributed by atoms with Gasteiger partial charge in [0, 0.05) is 24.3 Å². The summed E-state index contributed by atoms with van der Waals surface area (Å²) in [6.45, 7) is 2.79. The first kappa shape index (κ1) is 23.2. The molecule has 1 aliphatic rings. The lowest BCUT2D eigenvalue weighted by Gasteiger charge is -2.20. The van der Waals surface area contributed by atoms with Gasteiger partial charge in [-0.05, 0) is 61.7 Å². The zero-order chi connectivity index (χ0) is 22.6. The number of nitrogens with one attached hydrogen (secondary N) is 2. The fraction of sp³-hybridized carbons (Fsp3) is 0.381. The third-order valence-corrected chi connectivity index (χ3v) is 7.61. The van der Waals surface area contributed by atoms with Crippen molar-refractivity contribution in [3.05, 3.63) is 53.6 Å². The number of rotatable bonds is 6. The van der Waals surface area contributed by atoms with Crippen molar-refractivity contribution in [3.8, 4) is 0 Å². The van der Waals surface area contributed by atoms with Crippen LogP contribution in [0.5, 0.6) is 0 Å². The number of nitrogens with zero attached hydrogens (tertiary/aromatic N) is 1. The SMILES string of the molecule is Cc1ccc(C(=O)Nc2ccc(S(=O)(=O)N3CCCCCC3)cc2)cc1NS(C)(=O)=O. The normalized spacial score (nSPS) is 15.8. The molecular formula is C21H27N3O5S2. The first-order valence-electron chi connectivity index (χ1n) is 10.1. The Kier molecular flexibility index (Phi) is 7.03. The average Bonchev–Trinajstić information content (AvgIpc) is 2.99. The van der Waals surface area contributed by atoms with Crippen molar-refractivity contribution in [3.63, 3.8) is 0 Å². The number of aryl methyl sites for hydroxylation is 1. The minimum Gasteiger partial charge on any atom is -0.322 e. The van der Waals surface area contributed by atoms with E-state index in [4.69, 9.17) is 0 Å². The number of carbonyl (C=O) groups excluding carboxylic acids is 1. The molecule has 0 radical (unpaired) electrons.